The van der Waals surface area contributed by atoms with Crippen LogP contribution < -0.4 is 16.1 Å². The SMILES string of the molecule is C=Cc1ccc(C=c2c(=C)[nH]n(-c3ccccc3Cl)c2=O)cc1. The van der Waals surface area contributed by atoms with E-state index in [9.17, 15) is 4.79 Å². The topological polar surface area (TPSA) is 37.8 Å². The van der Waals surface area contributed by atoms with Crippen LogP contribution in [0.25, 0.3) is 24.4 Å². The zero-order valence-electron chi connectivity index (χ0n) is 12.4. The molecule has 0 atom stereocenters. The molecule has 0 aliphatic heterocycles. The van der Waals surface area contributed by atoms with E-state index in [2.05, 4.69) is 18.3 Å². The Bertz CT molecular complexity index is 1030. The lowest BCUT2D eigenvalue weighted by molar-refractivity contribution is 0.839. The molecule has 1 aromatic heterocycles. The third-order valence-corrected chi connectivity index (χ3v) is 3.90. The molecule has 1 heterocycles. The van der Waals surface area contributed by atoms with E-state index in [1.165, 1.54) is 4.68 Å². The molecular formula is C19H15ClN2O. The van der Waals surface area contributed by atoms with Gasteiger partial charge >= 0.3 is 0 Å². The Morgan fingerprint density at radius 2 is 1.70 bits per heavy atom. The van der Waals surface area contributed by atoms with Crippen LogP contribution in [0.3, 0.4) is 0 Å². The highest BCUT2D eigenvalue weighted by molar-refractivity contribution is 6.32. The molecule has 4 heteroatoms. The summed E-state index contributed by atoms with van der Waals surface area (Å²) in [6, 6.07) is 14.9. The van der Waals surface area contributed by atoms with Crippen molar-refractivity contribution in [3.63, 3.8) is 0 Å². The minimum atomic E-state index is -0.184. The highest BCUT2D eigenvalue weighted by Crippen LogP contribution is 2.16. The first-order chi connectivity index (χ1) is 11.1. The standard InChI is InChI=1S/C19H15ClN2O/c1-3-14-8-10-15(11-9-14)12-16-13(2)21-22(19(16)23)18-7-5-4-6-17(18)20/h3-12,21H,1-2H2. The zero-order chi connectivity index (χ0) is 16.4. The molecule has 3 rings (SSSR count). The van der Waals surface area contributed by atoms with Crippen molar-refractivity contribution in [1.82, 2.24) is 9.78 Å². The first kappa shape index (κ1) is 15.1. The number of nitrogens with one attached hydrogen (secondary N) is 1. The first-order valence-corrected chi connectivity index (χ1v) is 7.47. The molecule has 0 spiro atoms. The van der Waals surface area contributed by atoms with Crippen molar-refractivity contribution in [2.45, 2.75) is 0 Å². The number of H-pyrrole nitrogens is 1. The van der Waals surface area contributed by atoms with Crippen molar-refractivity contribution in [2.75, 3.05) is 0 Å². The summed E-state index contributed by atoms with van der Waals surface area (Å²) in [4.78, 5) is 12.7. The second-order valence-electron chi connectivity index (χ2n) is 5.11. The van der Waals surface area contributed by atoms with Crippen molar-refractivity contribution >= 4 is 30.3 Å². The van der Waals surface area contributed by atoms with Gasteiger partial charge in [0, 0.05) is 0 Å². The van der Waals surface area contributed by atoms with Crippen LogP contribution in [-0.2, 0) is 0 Å². The monoisotopic (exact) mass is 322 g/mol. The van der Waals surface area contributed by atoms with Crippen molar-refractivity contribution in [3.05, 3.63) is 92.2 Å². The minimum Gasteiger partial charge on any atom is -0.291 e. The van der Waals surface area contributed by atoms with Crippen LogP contribution in [0.1, 0.15) is 11.1 Å². The molecule has 1 N–H and O–H groups in total. The largest absolute Gasteiger partial charge is 0.291 e. The van der Waals surface area contributed by atoms with Gasteiger partial charge in [0.1, 0.15) is 0 Å². The lowest BCUT2D eigenvalue weighted by atomic mass is 10.1. The molecule has 23 heavy (non-hydrogen) atoms. The molecule has 0 bridgehead atoms. The molecule has 114 valence electrons. The zero-order valence-corrected chi connectivity index (χ0v) is 13.2. The third kappa shape index (κ3) is 2.91. The summed E-state index contributed by atoms with van der Waals surface area (Å²) in [5.41, 5.74) is 2.36. The average Bonchev–Trinajstić information content (AvgIpc) is 2.84. The lowest BCUT2D eigenvalue weighted by Gasteiger charge is -2.02. The normalized spacial score (nSPS) is 11.6. The third-order valence-electron chi connectivity index (χ3n) is 3.58. The summed E-state index contributed by atoms with van der Waals surface area (Å²) >= 11 is 6.17. The second-order valence-corrected chi connectivity index (χ2v) is 5.52. The number of benzene rings is 2. The molecule has 2 aromatic carbocycles. The van der Waals surface area contributed by atoms with E-state index in [0.717, 1.165) is 11.1 Å². The van der Waals surface area contributed by atoms with Gasteiger partial charge in [-0.2, -0.15) is 0 Å². The fourth-order valence-corrected chi connectivity index (χ4v) is 2.56. The van der Waals surface area contributed by atoms with Crippen LogP contribution in [-0.4, -0.2) is 9.78 Å². The number of aromatic amines is 1. The summed E-state index contributed by atoms with van der Waals surface area (Å²) in [6.07, 6.45) is 3.58. The van der Waals surface area contributed by atoms with E-state index in [-0.39, 0.29) is 5.56 Å². The first-order valence-electron chi connectivity index (χ1n) is 7.09. The van der Waals surface area contributed by atoms with E-state index >= 15 is 0 Å². The molecule has 0 fully saturated rings. The van der Waals surface area contributed by atoms with E-state index in [1.807, 2.05) is 36.4 Å². The molecule has 0 aliphatic rings. The smallest absolute Gasteiger partial charge is 0.279 e. The van der Waals surface area contributed by atoms with Gasteiger partial charge in [0.15, 0.2) is 0 Å². The van der Waals surface area contributed by atoms with Crippen LogP contribution in [0.2, 0.25) is 5.02 Å². The van der Waals surface area contributed by atoms with Crippen molar-refractivity contribution in [3.8, 4) is 5.69 Å². The molecular weight excluding hydrogens is 308 g/mol. The second kappa shape index (κ2) is 6.15. The highest BCUT2D eigenvalue weighted by atomic mass is 35.5. The number of halogens is 1. The molecule has 3 aromatic rings. The summed E-state index contributed by atoms with van der Waals surface area (Å²) < 4.78 is 1.41. The maximum absolute atomic E-state index is 12.7. The summed E-state index contributed by atoms with van der Waals surface area (Å²) in [7, 11) is 0. The molecule has 0 radical (unpaired) electrons. The van der Waals surface area contributed by atoms with Gasteiger partial charge in [-0.05, 0) is 29.3 Å². The minimum absolute atomic E-state index is 0.184. The Balaban J connectivity index is 2.16. The summed E-state index contributed by atoms with van der Waals surface area (Å²) in [5.74, 6) is 0. The van der Waals surface area contributed by atoms with Crippen LogP contribution in [0.5, 0.6) is 0 Å². The fourth-order valence-electron chi connectivity index (χ4n) is 2.34. The molecule has 0 aliphatic carbocycles. The van der Waals surface area contributed by atoms with Crippen LogP contribution in [0.15, 0.2) is 59.9 Å². The van der Waals surface area contributed by atoms with Crippen molar-refractivity contribution in [2.24, 2.45) is 0 Å². The maximum atomic E-state index is 12.7. The Morgan fingerprint density at radius 3 is 2.35 bits per heavy atom. The van der Waals surface area contributed by atoms with Gasteiger partial charge in [0.05, 0.1) is 21.3 Å². The summed E-state index contributed by atoms with van der Waals surface area (Å²) in [6.45, 7) is 7.65. The molecule has 0 unspecified atom stereocenters. The van der Waals surface area contributed by atoms with Gasteiger partial charge < -0.3 is 0 Å². The average molecular weight is 323 g/mol. The predicted molar refractivity (Wildman–Crippen MR) is 96.3 cm³/mol. The predicted octanol–water partition coefficient (Wildman–Crippen LogP) is 2.70. The number of aromatic nitrogens is 2. The molecule has 0 amide bonds. The van der Waals surface area contributed by atoms with Gasteiger partial charge in [0.25, 0.3) is 5.56 Å². The lowest BCUT2D eigenvalue weighted by Crippen LogP contribution is -2.34. The number of para-hydroxylation sites is 1. The Labute approximate surface area is 138 Å². The molecule has 0 saturated heterocycles. The number of hydrogen-bond donors (Lipinski definition) is 1. The number of rotatable bonds is 3. The van der Waals surface area contributed by atoms with Gasteiger partial charge in [-0.1, -0.05) is 67.2 Å². The Kier molecular flexibility index (Phi) is 4.04. The van der Waals surface area contributed by atoms with E-state index in [1.54, 1.807) is 24.3 Å². The van der Waals surface area contributed by atoms with Crippen LogP contribution in [0.4, 0.5) is 0 Å². The Hall–Kier alpha value is -2.78. The Morgan fingerprint density at radius 1 is 1.04 bits per heavy atom. The van der Waals surface area contributed by atoms with Crippen LogP contribution in [0, 0.1) is 0 Å². The van der Waals surface area contributed by atoms with Crippen LogP contribution >= 0.6 is 11.6 Å². The van der Waals surface area contributed by atoms with E-state index in [4.69, 9.17) is 11.6 Å². The molecule has 3 nitrogen and oxygen atoms in total. The van der Waals surface area contributed by atoms with E-state index < -0.39 is 0 Å². The maximum Gasteiger partial charge on any atom is 0.279 e. The van der Waals surface area contributed by atoms with Crippen molar-refractivity contribution < 1.29 is 0 Å². The fraction of sp³-hybridized carbons (Fsp3) is 0. The van der Waals surface area contributed by atoms with E-state index in [0.29, 0.717) is 21.3 Å². The highest BCUT2D eigenvalue weighted by Gasteiger charge is 2.07. The van der Waals surface area contributed by atoms with Gasteiger partial charge in [-0.15, -0.1) is 0 Å². The van der Waals surface area contributed by atoms with Gasteiger partial charge in [-0.3, -0.25) is 9.89 Å². The summed E-state index contributed by atoms with van der Waals surface area (Å²) in [5, 5.41) is 4.53. The quantitative estimate of drug-likeness (QED) is 0.791. The van der Waals surface area contributed by atoms with Gasteiger partial charge in [-0.25, -0.2) is 4.68 Å². The molecule has 0 saturated carbocycles. The van der Waals surface area contributed by atoms with Gasteiger partial charge in [0.2, 0.25) is 0 Å². The number of nitrogens with zero attached hydrogens (tertiary/aromatic N) is 1. The van der Waals surface area contributed by atoms with Crippen molar-refractivity contribution in [1.29, 1.82) is 0 Å². The number of hydrogen-bond acceptors (Lipinski definition) is 1.